The van der Waals surface area contributed by atoms with E-state index in [1.165, 1.54) is 9.10 Å². The first-order valence-electron chi connectivity index (χ1n) is 9.82. The number of aryl methyl sites for hydroxylation is 3. The summed E-state index contributed by atoms with van der Waals surface area (Å²) in [5.41, 5.74) is 2.21. The molecule has 0 unspecified atom stereocenters. The smallest absolute Gasteiger partial charge is 0.248 e. The van der Waals surface area contributed by atoms with Crippen molar-refractivity contribution in [3.05, 3.63) is 41.3 Å². The van der Waals surface area contributed by atoms with Gasteiger partial charge >= 0.3 is 0 Å². The summed E-state index contributed by atoms with van der Waals surface area (Å²) in [6.07, 6.45) is 0. The summed E-state index contributed by atoms with van der Waals surface area (Å²) in [5, 5.41) is 16.1. The summed E-state index contributed by atoms with van der Waals surface area (Å²) in [6, 6.07) is 7.68. The second kappa shape index (κ2) is 8.19. The van der Waals surface area contributed by atoms with E-state index in [0.29, 0.717) is 11.5 Å². The number of aromatic nitrogens is 5. The van der Waals surface area contributed by atoms with Crippen molar-refractivity contribution in [1.82, 2.24) is 34.6 Å². The average molecular weight is 446 g/mol. The van der Waals surface area contributed by atoms with Gasteiger partial charge in [-0.05, 0) is 31.5 Å². The zero-order valence-corrected chi connectivity index (χ0v) is 18.3. The molecule has 1 aliphatic heterocycles. The normalized spacial score (nSPS) is 15.4. The lowest BCUT2D eigenvalue weighted by Crippen LogP contribution is -2.51. The highest BCUT2D eigenvalue weighted by Gasteiger charge is 2.34. The molecule has 3 aromatic rings. The van der Waals surface area contributed by atoms with Gasteiger partial charge < -0.3 is 9.42 Å². The standard InChI is InChI=1S/C19H23N7O4S/c1-13-6-4-5-7-16(13)19-20-23-26(21-19)12-17(27)24-8-10-25(11-9-24)31(28,29)18-14(2)22-30-15(18)3/h4-7H,8-12H2,1-3H3. The molecule has 31 heavy (non-hydrogen) atoms. The molecule has 1 fully saturated rings. The molecule has 0 N–H and O–H groups in total. The molecule has 0 atom stereocenters. The van der Waals surface area contributed by atoms with Crippen LogP contribution in [0, 0.1) is 20.8 Å². The third-order valence-electron chi connectivity index (χ3n) is 5.27. The molecule has 4 rings (SSSR count). The van der Waals surface area contributed by atoms with Gasteiger partial charge in [0.2, 0.25) is 21.8 Å². The van der Waals surface area contributed by atoms with E-state index in [0.717, 1.165) is 11.1 Å². The summed E-state index contributed by atoms with van der Waals surface area (Å²) >= 11 is 0. The lowest BCUT2D eigenvalue weighted by Gasteiger charge is -2.33. The molecular weight excluding hydrogens is 422 g/mol. The molecule has 0 aliphatic carbocycles. The number of hydrogen-bond acceptors (Lipinski definition) is 8. The maximum absolute atomic E-state index is 12.9. The van der Waals surface area contributed by atoms with Crippen molar-refractivity contribution in [2.45, 2.75) is 32.2 Å². The highest BCUT2D eigenvalue weighted by Crippen LogP contribution is 2.24. The van der Waals surface area contributed by atoms with E-state index >= 15 is 0 Å². The molecule has 0 bridgehead atoms. The van der Waals surface area contributed by atoms with Gasteiger partial charge in [0.1, 0.15) is 17.1 Å². The fraction of sp³-hybridized carbons (Fsp3) is 0.421. The molecule has 164 valence electrons. The van der Waals surface area contributed by atoms with E-state index in [1.807, 2.05) is 31.2 Å². The molecule has 1 aromatic carbocycles. The number of nitrogens with zero attached hydrogens (tertiary/aromatic N) is 7. The van der Waals surface area contributed by atoms with Gasteiger partial charge in [0.05, 0.1) is 0 Å². The van der Waals surface area contributed by atoms with Gasteiger partial charge in [0, 0.05) is 31.7 Å². The second-order valence-corrected chi connectivity index (χ2v) is 9.27. The van der Waals surface area contributed by atoms with Crippen LogP contribution >= 0.6 is 0 Å². The Bertz CT molecular complexity index is 1190. The van der Waals surface area contributed by atoms with Gasteiger partial charge in [-0.15, -0.1) is 10.2 Å². The number of tetrazole rings is 1. The predicted octanol–water partition coefficient (Wildman–Crippen LogP) is 0.786. The molecule has 1 saturated heterocycles. The molecule has 0 radical (unpaired) electrons. The van der Waals surface area contributed by atoms with E-state index < -0.39 is 10.0 Å². The van der Waals surface area contributed by atoms with Gasteiger partial charge in [-0.3, -0.25) is 4.79 Å². The fourth-order valence-corrected chi connectivity index (χ4v) is 5.33. The Balaban J connectivity index is 1.39. The molecule has 1 aliphatic rings. The van der Waals surface area contributed by atoms with Crippen LogP contribution in [-0.2, 0) is 21.4 Å². The molecule has 1 amide bonds. The summed E-state index contributed by atoms with van der Waals surface area (Å²) in [7, 11) is -3.72. The molecule has 2 aromatic heterocycles. The third kappa shape index (κ3) is 4.08. The minimum Gasteiger partial charge on any atom is -0.360 e. The van der Waals surface area contributed by atoms with Gasteiger partial charge in [-0.1, -0.05) is 29.4 Å². The van der Waals surface area contributed by atoms with Crippen LogP contribution < -0.4 is 0 Å². The Kier molecular flexibility index (Phi) is 5.58. The first kappa shape index (κ1) is 21.1. The van der Waals surface area contributed by atoms with Crippen LogP contribution in [0.25, 0.3) is 11.4 Å². The number of hydrogen-bond donors (Lipinski definition) is 0. The minimum atomic E-state index is -3.72. The lowest BCUT2D eigenvalue weighted by atomic mass is 10.1. The van der Waals surface area contributed by atoms with Gasteiger partial charge in [0.25, 0.3) is 0 Å². The lowest BCUT2D eigenvalue weighted by molar-refractivity contribution is -0.133. The van der Waals surface area contributed by atoms with Gasteiger partial charge in [0.15, 0.2) is 5.76 Å². The monoisotopic (exact) mass is 445 g/mol. The Morgan fingerprint density at radius 3 is 2.45 bits per heavy atom. The Labute approximate surface area is 179 Å². The van der Waals surface area contributed by atoms with Gasteiger partial charge in [-0.2, -0.15) is 9.10 Å². The van der Waals surface area contributed by atoms with Crippen LogP contribution in [0.4, 0.5) is 0 Å². The largest absolute Gasteiger partial charge is 0.360 e. The zero-order valence-electron chi connectivity index (χ0n) is 17.5. The minimum absolute atomic E-state index is 0.0600. The van der Waals surface area contributed by atoms with Crippen LogP contribution in [0.3, 0.4) is 0 Å². The third-order valence-corrected chi connectivity index (χ3v) is 7.42. The summed E-state index contributed by atoms with van der Waals surface area (Å²) in [6.45, 7) is 6.01. The second-order valence-electron chi connectivity index (χ2n) is 7.40. The summed E-state index contributed by atoms with van der Waals surface area (Å²) in [5.74, 6) is 0.530. The van der Waals surface area contributed by atoms with Crippen molar-refractivity contribution in [1.29, 1.82) is 0 Å². The first-order valence-corrected chi connectivity index (χ1v) is 11.3. The highest BCUT2D eigenvalue weighted by molar-refractivity contribution is 7.89. The number of rotatable bonds is 5. The zero-order chi connectivity index (χ0) is 22.2. The van der Waals surface area contributed by atoms with Crippen LogP contribution in [0.15, 0.2) is 33.7 Å². The van der Waals surface area contributed by atoms with E-state index in [9.17, 15) is 13.2 Å². The quantitative estimate of drug-likeness (QED) is 0.564. The maximum atomic E-state index is 12.9. The van der Waals surface area contributed by atoms with Crippen LogP contribution in [0.2, 0.25) is 0 Å². The molecule has 12 heteroatoms. The van der Waals surface area contributed by atoms with E-state index in [2.05, 4.69) is 20.6 Å². The van der Waals surface area contributed by atoms with E-state index in [1.54, 1.807) is 18.7 Å². The maximum Gasteiger partial charge on any atom is 0.248 e. The number of amides is 1. The van der Waals surface area contributed by atoms with Crippen molar-refractivity contribution in [3.63, 3.8) is 0 Å². The number of carbonyl (C=O) groups is 1. The molecule has 3 heterocycles. The highest BCUT2D eigenvalue weighted by atomic mass is 32.2. The van der Waals surface area contributed by atoms with E-state index in [-0.39, 0.29) is 49.3 Å². The SMILES string of the molecule is Cc1ccccc1-c1nnn(CC(=O)N2CCN(S(=O)(=O)c3c(C)noc3C)CC2)n1. The Morgan fingerprint density at radius 1 is 1.10 bits per heavy atom. The average Bonchev–Trinajstić information content (AvgIpc) is 3.34. The molecule has 0 spiro atoms. The van der Waals surface area contributed by atoms with Crippen molar-refractivity contribution < 1.29 is 17.7 Å². The summed E-state index contributed by atoms with van der Waals surface area (Å²) < 4.78 is 32.2. The number of sulfonamides is 1. The predicted molar refractivity (Wildman–Crippen MR) is 109 cm³/mol. The van der Waals surface area contributed by atoms with Crippen LogP contribution in [0.5, 0.6) is 0 Å². The van der Waals surface area contributed by atoms with Crippen molar-refractivity contribution in [2.24, 2.45) is 0 Å². The van der Waals surface area contributed by atoms with Crippen LogP contribution in [-0.4, -0.2) is 75.1 Å². The van der Waals surface area contributed by atoms with Crippen molar-refractivity contribution in [2.75, 3.05) is 26.2 Å². The topological polar surface area (TPSA) is 127 Å². The molecular formula is C19H23N7O4S. The fourth-order valence-electron chi connectivity index (χ4n) is 3.61. The van der Waals surface area contributed by atoms with Crippen LogP contribution in [0.1, 0.15) is 17.0 Å². The molecule has 0 saturated carbocycles. The first-order chi connectivity index (χ1) is 14.8. The number of piperazine rings is 1. The van der Waals surface area contributed by atoms with E-state index in [4.69, 9.17) is 4.52 Å². The Hall–Kier alpha value is -3.12. The summed E-state index contributed by atoms with van der Waals surface area (Å²) in [4.78, 5) is 15.6. The Morgan fingerprint density at radius 2 is 1.81 bits per heavy atom. The van der Waals surface area contributed by atoms with Crippen molar-refractivity contribution in [3.8, 4) is 11.4 Å². The molecule has 11 nitrogen and oxygen atoms in total. The van der Waals surface area contributed by atoms with Crippen molar-refractivity contribution >= 4 is 15.9 Å². The number of carbonyl (C=O) groups excluding carboxylic acids is 1. The van der Waals surface area contributed by atoms with Gasteiger partial charge in [-0.25, -0.2) is 8.42 Å². The number of benzene rings is 1.